The maximum Gasteiger partial charge on any atom is 0.0584 e. The molecule has 1 aromatic rings. The highest BCUT2D eigenvalue weighted by Crippen LogP contribution is 2.37. The van der Waals surface area contributed by atoms with Crippen LogP contribution in [0.1, 0.15) is 55.5 Å². The Hall–Kier alpha value is -0.380. The van der Waals surface area contributed by atoms with Crippen molar-refractivity contribution in [1.29, 1.82) is 0 Å². The number of hydrogen-bond acceptors (Lipinski definition) is 3. The van der Waals surface area contributed by atoms with Gasteiger partial charge in [-0.05, 0) is 42.2 Å². The van der Waals surface area contributed by atoms with Crippen molar-refractivity contribution in [2.75, 3.05) is 0 Å². The van der Waals surface area contributed by atoms with Crippen molar-refractivity contribution in [1.82, 2.24) is 5.43 Å². The summed E-state index contributed by atoms with van der Waals surface area (Å²) >= 11 is 1.86. The lowest BCUT2D eigenvalue weighted by atomic mass is 9.83. The Bertz CT molecular complexity index is 315. The van der Waals surface area contributed by atoms with Crippen molar-refractivity contribution in [2.24, 2.45) is 11.8 Å². The molecule has 1 aliphatic carbocycles. The predicted octanol–water partition coefficient (Wildman–Crippen LogP) is 3.40. The van der Waals surface area contributed by atoms with Crippen LogP contribution in [0.2, 0.25) is 0 Å². The van der Waals surface area contributed by atoms with Gasteiger partial charge in [0.05, 0.1) is 6.04 Å². The van der Waals surface area contributed by atoms with E-state index in [1.54, 1.807) is 0 Å². The molecule has 1 heterocycles. The second-order valence-corrected chi connectivity index (χ2v) is 5.65. The van der Waals surface area contributed by atoms with E-state index in [0.29, 0.717) is 6.04 Å². The van der Waals surface area contributed by atoms with Crippen LogP contribution in [0.25, 0.3) is 0 Å². The van der Waals surface area contributed by atoms with E-state index >= 15 is 0 Å². The van der Waals surface area contributed by atoms with Gasteiger partial charge in [-0.3, -0.25) is 11.3 Å². The average molecular weight is 238 g/mol. The van der Waals surface area contributed by atoms with Crippen LogP contribution in [0.15, 0.2) is 11.4 Å². The van der Waals surface area contributed by atoms with Crippen molar-refractivity contribution >= 4 is 11.3 Å². The highest BCUT2D eigenvalue weighted by Gasteiger charge is 2.26. The zero-order chi connectivity index (χ0) is 11.4. The molecule has 16 heavy (non-hydrogen) atoms. The minimum Gasteiger partial charge on any atom is -0.271 e. The van der Waals surface area contributed by atoms with Crippen LogP contribution in [0, 0.1) is 5.92 Å². The molecule has 3 heteroatoms. The molecule has 0 saturated heterocycles. The largest absolute Gasteiger partial charge is 0.271 e. The molecule has 1 atom stereocenters. The van der Waals surface area contributed by atoms with Gasteiger partial charge in [-0.2, -0.15) is 0 Å². The SMILES string of the molecule is CCc1ccsc1C(NN)C1CCCCC1. The van der Waals surface area contributed by atoms with Gasteiger partial charge in [-0.1, -0.05) is 26.2 Å². The van der Waals surface area contributed by atoms with Crippen LogP contribution in [-0.2, 0) is 6.42 Å². The van der Waals surface area contributed by atoms with E-state index in [-0.39, 0.29) is 0 Å². The fourth-order valence-corrected chi connectivity index (χ4v) is 3.96. The first-order chi connectivity index (χ1) is 7.86. The Morgan fingerprint density at radius 2 is 2.19 bits per heavy atom. The van der Waals surface area contributed by atoms with Crippen molar-refractivity contribution in [3.63, 3.8) is 0 Å². The van der Waals surface area contributed by atoms with Gasteiger partial charge in [0.1, 0.15) is 0 Å². The van der Waals surface area contributed by atoms with Crippen LogP contribution in [0.4, 0.5) is 0 Å². The number of aryl methyl sites for hydroxylation is 1. The van der Waals surface area contributed by atoms with Gasteiger partial charge in [-0.25, -0.2) is 0 Å². The average Bonchev–Trinajstić information content (AvgIpc) is 2.80. The molecule has 0 aromatic carbocycles. The van der Waals surface area contributed by atoms with E-state index in [4.69, 9.17) is 5.84 Å². The molecule has 0 aliphatic heterocycles. The zero-order valence-corrected chi connectivity index (χ0v) is 10.9. The summed E-state index contributed by atoms with van der Waals surface area (Å²) in [7, 11) is 0. The third-order valence-corrected chi connectivity index (χ3v) is 4.79. The Labute approximate surface area is 102 Å². The van der Waals surface area contributed by atoms with Gasteiger partial charge >= 0.3 is 0 Å². The lowest BCUT2D eigenvalue weighted by molar-refractivity contribution is 0.275. The predicted molar refractivity (Wildman–Crippen MR) is 70.3 cm³/mol. The summed E-state index contributed by atoms with van der Waals surface area (Å²) < 4.78 is 0. The number of nitrogens with two attached hydrogens (primary N) is 1. The van der Waals surface area contributed by atoms with Gasteiger partial charge in [-0.15, -0.1) is 11.3 Å². The number of rotatable bonds is 4. The monoisotopic (exact) mass is 238 g/mol. The van der Waals surface area contributed by atoms with Gasteiger partial charge < -0.3 is 0 Å². The molecule has 0 bridgehead atoms. The number of hydrogen-bond donors (Lipinski definition) is 2. The highest BCUT2D eigenvalue weighted by molar-refractivity contribution is 7.10. The molecular weight excluding hydrogens is 216 g/mol. The summed E-state index contributed by atoms with van der Waals surface area (Å²) in [5.74, 6) is 6.51. The number of nitrogens with one attached hydrogen (secondary N) is 1. The molecule has 1 saturated carbocycles. The van der Waals surface area contributed by atoms with Crippen molar-refractivity contribution in [2.45, 2.75) is 51.5 Å². The van der Waals surface area contributed by atoms with E-state index in [0.717, 1.165) is 12.3 Å². The van der Waals surface area contributed by atoms with E-state index in [2.05, 4.69) is 23.8 Å². The van der Waals surface area contributed by atoms with Crippen molar-refractivity contribution in [3.8, 4) is 0 Å². The lowest BCUT2D eigenvalue weighted by Gasteiger charge is -2.29. The van der Waals surface area contributed by atoms with Crippen LogP contribution in [0.5, 0.6) is 0 Å². The van der Waals surface area contributed by atoms with Gasteiger partial charge in [0.15, 0.2) is 0 Å². The first kappa shape index (κ1) is 12.1. The Morgan fingerprint density at radius 3 is 2.81 bits per heavy atom. The molecule has 1 unspecified atom stereocenters. The fraction of sp³-hybridized carbons (Fsp3) is 0.692. The second kappa shape index (κ2) is 5.80. The highest BCUT2D eigenvalue weighted by atomic mass is 32.1. The molecule has 0 amide bonds. The molecular formula is C13H22N2S. The van der Waals surface area contributed by atoms with E-state index in [1.165, 1.54) is 42.5 Å². The molecule has 90 valence electrons. The maximum absolute atomic E-state index is 5.78. The van der Waals surface area contributed by atoms with E-state index in [1.807, 2.05) is 11.3 Å². The fourth-order valence-electron chi connectivity index (χ4n) is 2.81. The lowest BCUT2D eigenvalue weighted by Crippen LogP contribution is -2.34. The van der Waals surface area contributed by atoms with Gasteiger partial charge in [0.2, 0.25) is 0 Å². The Balaban J connectivity index is 2.14. The zero-order valence-electron chi connectivity index (χ0n) is 10.0. The summed E-state index contributed by atoms with van der Waals surface area (Å²) in [5, 5.41) is 2.20. The summed E-state index contributed by atoms with van der Waals surface area (Å²) in [6.45, 7) is 2.22. The molecule has 1 aromatic heterocycles. The topological polar surface area (TPSA) is 38.0 Å². The molecule has 2 nitrogen and oxygen atoms in total. The minimum atomic E-state index is 0.384. The second-order valence-electron chi connectivity index (χ2n) is 4.71. The van der Waals surface area contributed by atoms with Crippen molar-refractivity contribution < 1.29 is 0 Å². The Morgan fingerprint density at radius 1 is 1.44 bits per heavy atom. The normalized spacial score (nSPS) is 19.9. The summed E-state index contributed by atoms with van der Waals surface area (Å²) in [4.78, 5) is 1.47. The molecule has 1 aliphatic rings. The first-order valence-electron chi connectivity index (χ1n) is 6.39. The minimum absolute atomic E-state index is 0.384. The Kier molecular flexibility index (Phi) is 4.38. The van der Waals surface area contributed by atoms with E-state index < -0.39 is 0 Å². The molecule has 1 fully saturated rings. The summed E-state index contributed by atoms with van der Waals surface area (Å²) in [6.07, 6.45) is 7.92. The van der Waals surface area contributed by atoms with Crippen LogP contribution >= 0.6 is 11.3 Å². The third-order valence-electron chi connectivity index (χ3n) is 3.74. The summed E-state index contributed by atoms with van der Waals surface area (Å²) in [6, 6.07) is 2.63. The maximum atomic E-state index is 5.78. The van der Waals surface area contributed by atoms with Crippen molar-refractivity contribution in [3.05, 3.63) is 21.9 Å². The van der Waals surface area contributed by atoms with E-state index in [9.17, 15) is 0 Å². The smallest absolute Gasteiger partial charge is 0.0584 e. The molecule has 2 rings (SSSR count). The molecule has 0 spiro atoms. The number of hydrazine groups is 1. The van der Waals surface area contributed by atoms with Crippen LogP contribution in [-0.4, -0.2) is 0 Å². The third kappa shape index (κ3) is 2.47. The van der Waals surface area contributed by atoms with Gasteiger partial charge in [0, 0.05) is 4.88 Å². The standard InChI is InChI=1S/C13H22N2S/c1-2-10-8-9-16-13(10)12(15-14)11-6-4-3-5-7-11/h8-9,11-12,15H,2-7,14H2,1H3. The quantitative estimate of drug-likeness (QED) is 0.623. The summed E-state index contributed by atoms with van der Waals surface area (Å²) in [5.41, 5.74) is 4.53. The number of thiophene rings is 1. The molecule has 3 N–H and O–H groups in total. The van der Waals surface area contributed by atoms with Crippen LogP contribution in [0.3, 0.4) is 0 Å². The van der Waals surface area contributed by atoms with Crippen LogP contribution < -0.4 is 11.3 Å². The first-order valence-corrected chi connectivity index (χ1v) is 7.27. The van der Waals surface area contributed by atoms with Gasteiger partial charge in [0.25, 0.3) is 0 Å². The molecule has 0 radical (unpaired) electrons.